The fourth-order valence-corrected chi connectivity index (χ4v) is 3.54. The first-order chi connectivity index (χ1) is 14.4. The van der Waals surface area contributed by atoms with E-state index >= 15 is 0 Å². The van der Waals surface area contributed by atoms with E-state index in [4.69, 9.17) is 4.74 Å². The number of nitrogens with zero attached hydrogens (tertiary/aromatic N) is 2. The van der Waals surface area contributed by atoms with Crippen LogP contribution in [0.15, 0.2) is 65.9 Å². The molecule has 1 atom stereocenters. The van der Waals surface area contributed by atoms with Crippen LogP contribution in [-0.4, -0.2) is 35.0 Å². The van der Waals surface area contributed by atoms with E-state index in [1.807, 2.05) is 30.3 Å². The Morgan fingerprint density at radius 3 is 2.50 bits per heavy atom. The minimum Gasteiger partial charge on any atom is -0.462 e. The van der Waals surface area contributed by atoms with Crippen LogP contribution in [0.3, 0.4) is 0 Å². The Morgan fingerprint density at radius 1 is 1.17 bits per heavy atom. The standard InChI is InChI=1S/C22H23N3O5/c1-3-24-15(2)19(21(26)30-14-13-16-9-5-4-6-10-16)20(23-22(24)27)17-11-7-8-12-18(17)25(28)29/h4-12,20H,3,13-14H2,1-2H3,(H,23,27). The first kappa shape index (κ1) is 21.0. The summed E-state index contributed by atoms with van der Waals surface area (Å²) >= 11 is 0. The summed E-state index contributed by atoms with van der Waals surface area (Å²) in [5.74, 6) is -0.606. The second-order valence-electron chi connectivity index (χ2n) is 6.81. The minimum absolute atomic E-state index is 0.156. The fraction of sp³-hybridized carbons (Fsp3) is 0.273. The second kappa shape index (κ2) is 9.21. The lowest BCUT2D eigenvalue weighted by Crippen LogP contribution is -2.48. The van der Waals surface area contributed by atoms with Crippen molar-refractivity contribution in [2.45, 2.75) is 26.3 Å². The van der Waals surface area contributed by atoms with Crippen molar-refractivity contribution < 1.29 is 19.2 Å². The number of esters is 1. The Bertz CT molecular complexity index is 987. The van der Waals surface area contributed by atoms with Crippen LogP contribution >= 0.6 is 0 Å². The average molecular weight is 409 g/mol. The molecule has 1 N–H and O–H groups in total. The van der Waals surface area contributed by atoms with Crippen molar-refractivity contribution in [2.24, 2.45) is 0 Å². The number of rotatable bonds is 7. The molecule has 1 unspecified atom stereocenters. The minimum atomic E-state index is -0.967. The highest BCUT2D eigenvalue weighted by Gasteiger charge is 2.38. The summed E-state index contributed by atoms with van der Waals surface area (Å²) in [6.45, 7) is 3.94. The summed E-state index contributed by atoms with van der Waals surface area (Å²) in [5.41, 5.74) is 1.71. The number of ether oxygens (including phenoxy) is 1. The molecule has 0 radical (unpaired) electrons. The molecule has 0 fully saturated rings. The van der Waals surface area contributed by atoms with Crippen LogP contribution in [0.1, 0.15) is 31.0 Å². The summed E-state index contributed by atoms with van der Waals surface area (Å²) in [6.07, 6.45) is 0.541. The lowest BCUT2D eigenvalue weighted by atomic mass is 9.93. The molecular formula is C22H23N3O5. The van der Waals surface area contributed by atoms with Crippen molar-refractivity contribution in [3.05, 3.63) is 87.1 Å². The Balaban J connectivity index is 1.92. The zero-order valence-corrected chi connectivity index (χ0v) is 16.8. The number of amides is 2. The number of benzene rings is 2. The normalized spacial score (nSPS) is 16.3. The van der Waals surface area contributed by atoms with Gasteiger partial charge in [0.25, 0.3) is 5.69 Å². The highest BCUT2D eigenvalue weighted by atomic mass is 16.6. The Morgan fingerprint density at radius 2 is 1.83 bits per heavy atom. The number of carbonyl (C=O) groups excluding carboxylic acids is 2. The van der Waals surface area contributed by atoms with E-state index in [0.717, 1.165) is 5.56 Å². The van der Waals surface area contributed by atoms with E-state index in [0.29, 0.717) is 18.7 Å². The van der Waals surface area contributed by atoms with Gasteiger partial charge in [-0.05, 0) is 25.5 Å². The molecule has 1 aliphatic rings. The van der Waals surface area contributed by atoms with Crippen LogP contribution in [0.25, 0.3) is 0 Å². The van der Waals surface area contributed by atoms with Gasteiger partial charge in [0.05, 0.1) is 28.7 Å². The summed E-state index contributed by atoms with van der Waals surface area (Å²) < 4.78 is 5.49. The maximum Gasteiger partial charge on any atom is 0.338 e. The van der Waals surface area contributed by atoms with Crippen LogP contribution in [0, 0.1) is 10.1 Å². The first-order valence-electron chi connectivity index (χ1n) is 9.67. The van der Waals surface area contributed by atoms with Gasteiger partial charge in [0, 0.05) is 24.7 Å². The number of nitro benzene ring substituents is 1. The molecule has 30 heavy (non-hydrogen) atoms. The third-order valence-corrected chi connectivity index (χ3v) is 5.04. The smallest absolute Gasteiger partial charge is 0.338 e. The van der Waals surface area contributed by atoms with Gasteiger partial charge in [-0.25, -0.2) is 9.59 Å². The molecule has 0 bridgehead atoms. The number of nitro groups is 1. The zero-order chi connectivity index (χ0) is 21.7. The molecule has 0 saturated heterocycles. The molecule has 2 amide bonds. The van der Waals surface area contributed by atoms with E-state index in [-0.39, 0.29) is 23.4 Å². The van der Waals surface area contributed by atoms with Gasteiger partial charge in [0.2, 0.25) is 0 Å². The fourth-order valence-electron chi connectivity index (χ4n) is 3.54. The van der Waals surface area contributed by atoms with Crippen LogP contribution in [-0.2, 0) is 16.0 Å². The average Bonchev–Trinajstić information content (AvgIpc) is 2.74. The second-order valence-corrected chi connectivity index (χ2v) is 6.81. The molecule has 8 nitrogen and oxygen atoms in total. The molecule has 0 saturated carbocycles. The van der Waals surface area contributed by atoms with E-state index in [1.54, 1.807) is 26.0 Å². The van der Waals surface area contributed by atoms with E-state index in [9.17, 15) is 19.7 Å². The molecule has 3 rings (SSSR count). The van der Waals surface area contributed by atoms with Gasteiger partial charge >= 0.3 is 12.0 Å². The molecule has 0 spiro atoms. The molecule has 8 heteroatoms. The van der Waals surface area contributed by atoms with Crippen molar-refractivity contribution in [1.29, 1.82) is 0 Å². The van der Waals surface area contributed by atoms with Gasteiger partial charge in [0.1, 0.15) is 0 Å². The van der Waals surface area contributed by atoms with Gasteiger partial charge in [-0.2, -0.15) is 0 Å². The summed E-state index contributed by atoms with van der Waals surface area (Å²) in [7, 11) is 0. The van der Waals surface area contributed by atoms with Crippen molar-refractivity contribution in [3.63, 3.8) is 0 Å². The Hall–Kier alpha value is -3.68. The lowest BCUT2D eigenvalue weighted by Gasteiger charge is -2.34. The Kier molecular flexibility index (Phi) is 6.46. The van der Waals surface area contributed by atoms with Crippen LogP contribution in [0.4, 0.5) is 10.5 Å². The van der Waals surface area contributed by atoms with Crippen LogP contribution < -0.4 is 5.32 Å². The Labute approximate surface area is 174 Å². The third kappa shape index (κ3) is 4.32. The highest BCUT2D eigenvalue weighted by molar-refractivity contribution is 5.95. The number of carbonyl (C=O) groups is 2. The van der Waals surface area contributed by atoms with Crippen molar-refractivity contribution >= 4 is 17.7 Å². The SMILES string of the molecule is CCN1C(=O)NC(c2ccccc2[N+](=O)[O-])C(C(=O)OCCc2ccccc2)=C1C. The van der Waals surface area contributed by atoms with Crippen molar-refractivity contribution in [2.75, 3.05) is 13.2 Å². The molecule has 1 aliphatic heterocycles. The molecule has 1 heterocycles. The van der Waals surface area contributed by atoms with Crippen molar-refractivity contribution in [3.8, 4) is 0 Å². The van der Waals surface area contributed by atoms with Crippen LogP contribution in [0.2, 0.25) is 0 Å². The molecular weight excluding hydrogens is 386 g/mol. The third-order valence-electron chi connectivity index (χ3n) is 5.04. The number of para-hydroxylation sites is 1. The molecule has 156 valence electrons. The summed E-state index contributed by atoms with van der Waals surface area (Å²) in [6, 6.07) is 14.3. The number of hydrogen-bond acceptors (Lipinski definition) is 5. The monoisotopic (exact) mass is 409 g/mol. The van der Waals surface area contributed by atoms with E-state index in [1.165, 1.54) is 17.0 Å². The van der Waals surface area contributed by atoms with E-state index in [2.05, 4.69) is 5.32 Å². The van der Waals surface area contributed by atoms with Gasteiger partial charge in [-0.1, -0.05) is 42.5 Å². The predicted octanol–water partition coefficient (Wildman–Crippen LogP) is 3.74. The number of hydrogen-bond donors (Lipinski definition) is 1. The van der Waals surface area contributed by atoms with Crippen molar-refractivity contribution in [1.82, 2.24) is 10.2 Å². The van der Waals surface area contributed by atoms with E-state index < -0.39 is 23.0 Å². The number of urea groups is 1. The molecule has 2 aromatic carbocycles. The molecule has 0 aliphatic carbocycles. The van der Waals surface area contributed by atoms with Gasteiger partial charge in [-0.15, -0.1) is 0 Å². The predicted molar refractivity (Wildman–Crippen MR) is 111 cm³/mol. The molecule has 2 aromatic rings. The van der Waals surface area contributed by atoms with Gasteiger partial charge in [0.15, 0.2) is 0 Å². The van der Waals surface area contributed by atoms with Gasteiger partial charge < -0.3 is 10.1 Å². The largest absolute Gasteiger partial charge is 0.462 e. The maximum absolute atomic E-state index is 13.0. The number of nitrogens with one attached hydrogen (secondary N) is 1. The summed E-state index contributed by atoms with van der Waals surface area (Å²) in [4.78, 5) is 37.9. The topological polar surface area (TPSA) is 102 Å². The van der Waals surface area contributed by atoms with Gasteiger partial charge in [-0.3, -0.25) is 15.0 Å². The highest BCUT2D eigenvalue weighted by Crippen LogP contribution is 2.35. The summed E-state index contributed by atoms with van der Waals surface area (Å²) in [5, 5.41) is 14.2. The lowest BCUT2D eigenvalue weighted by molar-refractivity contribution is -0.385. The molecule has 0 aromatic heterocycles. The number of allylic oxidation sites excluding steroid dienone is 1. The van der Waals surface area contributed by atoms with Crippen LogP contribution in [0.5, 0.6) is 0 Å². The quantitative estimate of drug-likeness (QED) is 0.426. The zero-order valence-electron chi connectivity index (χ0n) is 16.8. The maximum atomic E-state index is 13.0. The first-order valence-corrected chi connectivity index (χ1v) is 9.67.